The van der Waals surface area contributed by atoms with Gasteiger partial charge in [-0.15, -0.1) is 5.11 Å². The zero-order valence-corrected chi connectivity index (χ0v) is 17.6. The Morgan fingerprint density at radius 3 is 2.52 bits per heavy atom. The lowest BCUT2D eigenvalue weighted by atomic mass is 10.0. The highest BCUT2D eigenvalue weighted by Gasteiger charge is 2.19. The number of carbonyl (C=O) groups is 1. The van der Waals surface area contributed by atoms with Gasteiger partial charge in [-0.3, -0.25) is 4.79 Å². The predicted molar refractivity (Wildman–Crippen MR) is 128 cm³/mol. The minimum atomic E-state index is -0.511. The molecule has 5 rings (SSSR count). The van der Waals surface area contributed by atoms with E-state index in [2.05, 4.69) is 25.5 Å². The number of H-pyrrole nitrogens is 2. The SMILES string of the molecule is Cc1ccccc1N=Nc1c(O)c(C(=O)Nc2ccc3[nH]c(=O)[nH]c3c2)cc2ccccc12. The molecule has 0 bridgehead atoms. The number of phenolic OH excluding ortho intramolecular Hbond substituents is 1. The number of phenols is 1. The van der Waals surface area contributed by atoms with Gasteiger partial charge in [0.1, 0.15) is 5.69 Å². The molecule has 0 saturated heterocycles. The second-order valence-corrected chi connectivity index (χ2v) is 7.62. The van der Waals surface area contributed by atoms with Crippen molar-refractivity contribution in [3.8, 4) is 5.75 Å². The van der Waals surface area contributed by atoms with E-state index in [1.807, 2.05) is 55.5 Å². The first-order chi connectivity index (χ1) is 16.0. The van der Waals surface area contributed by atoms with E-state index in [0.29, 0.717) is 27.8 Å². The molecule has 0 aliphatic heterocycles. The second kappa shape index (κ2) is 8.08. The first kappa shape index (κ1) is 20.2. The van der Waals surface area contributed by atoms with Crippen LogP contribution in [0.2, 0.25) is 0 Å². The highest BCUT2D eigenvalue weighted by atomic mass is 16.3. The third-order valence-electron chi connectivity index (χ3n) is 5.39. The zero-order chi connectivity index (χ0) is 22.9. The summed E-state index contributed by atoms with van der Waals surface area (Å²) in [5, 5.41) is 23.8. The molecule has 0 radical (unpaired) electrons. The van der Waals surface area contributed by atoms with Gasteiger partial charge in [0.25, 0.3) is 5.91 Å². The summed E-state index contributed by atoms with van der Waals surface area (Å²) in [6.45, 7) is 1.92. The highest BCUT2D eigenvalue weighted by Crippen LogP contribution is 2.39. The molecule has 0 atom stereocenters. The van der Waals surface area contributed by atoms with E-state index in [0.717, 1.165) is 10.9 Å². The molecule has 0 spiro atoms. The summed E-state index contributed by atoms with van der Waals surface area (Å²) in [4.78, 5) is 29.9. The minimum absolute atomic E-state index is 0.0649. The molecule has 1 amide bonds. The van der Waals surface area contributed by atoms with Gasteiger partial charge in [-0.05, 0) is 48.2 Å². The molecular formula is C25H19N5O3. The van der Waals surface area contributed by atoms with Gasteiger partial charge >= 0.3 is 5.69 Å². The largest absolute Gasteiger partial charge is 0.505 e. The Morgan fingerprint density at radius 2 is 1.67 bits per heavy atom. The number of fused-ring (bicyclic) bond motifs is 2. The number of aromatic amines is 2. The lowest BCUT2D eigenvalue weighted by Crippen LogP contribution is -2.12. The van der Waals surface area contributed by atoms with Crippen molar-refractivity contribution in [3.05, 3.63) is 94.4 Å². The van der Waals surface area contributed by atoms with E-state index in [-0.39, 0.29) is 22.7 Å². The van der Waals surface area contributed by atoms with E-state index in [1.54, 1.807) is 24.3 Å². The molecule has 4 aromatic carbocycles. The molecule has 0 unspecified atom stereocenters. The summed E-state index contributed by atoms with van der Waals surface area (Å²) in [7, 11) is 0. The number of imidazole rings is 1. The molecule has 162 valence electrons. The van der Waals surface area contributed by atoms with Crippen LogP contribution in [0, 0.1) is 6.92 Å². The van der Waals surface area contributed by atoms with Crippen molar-refractivity contribution < 1.29 is 9.90 Å². The van der Waals surface area contributed by atoms with Crippen LogP contribution in [0.3, 0.4) is 0 Å². The molecule has 8 heteroatoms. The number of carbonyl (C=O) groups excluding carboxylic acids is 1. The average molecular weight is 437 g/mol. The Bertz CT molecular complexity index is 1610. The second-order valence-electron chi connectivity index (χ2n) is 7.62. The Labute approximate surface area is 187 Å². The standard InChI is InChI=1S/C25H19N5O3/c1-14-6-2-5-9-19(14)29-30-22-17-8-4-3-7-15(17)12-18(23(22)31)24(32)26-16-10-11-20-21(13-16)28-25(33)27-20/h2-13,31H,1H3,(H,26,32)(H2,27,28,33). The molecule has 0 fully saturated rings. The van der Waals surface area contributed by atoms with E-state index in [4.69, 9.17) is 0 Å². The van der Waals surface area contributed by atoms with Crippen LogP contribution in [0.5, 0.6) is 5.75 Å². The maximum atomic E-state index is 13.1. The van der Waals surface area contributed by atoms with Gasteiger partial charge in [0, 0.05) is 11.1 Å². The lowest BCUT2D eigenvalue weighted by molar-refractivity contribution is 0.102. The Morgan fingerprint density at radius 1 is 0.909 bits per heavy atom. The first-order valence-corrected chi connectivity index (χ1v) is 10.2. The fraction of sp³-hybridized carbons (Fsp3) is 0.0400. The summed E-state index contributed by atoms with van der Waals surface area (Å²) >= 11 is 0. The van der Waals surface area contributed by atoms with Crippen LogP contribution in [-0.2, 0) is 0 Å². The molecule has 4 N–H and O–H groups in total. The van der Waals surface area contributed by atoms with Crippen LogP contribution in [-0.4, -0.2) is 21.0 Å². The number of benzene rings is 4. The van der Waals surface area contributed by atoms with Gasteiger partial charge in [0.05, 0.1) is 22.3 Å². The van der Waals surface area contributed by atoms with Crippen molar-refractivity contribution in [2.24, 2.45) is 10.2 Å². The Balaban J connectivity index is 1.56. The highest BCUT2D eigenvalue weighted by molar-refractivity contribution is 6.12. The zero-order valence-electron chi connectivity index (χ0n) is 17.6. The maximum Gasteiger partial charge on any atom is 0.323 e. The van der Waals surface area contributed by atoms with Crippen molar-refractivity contribution in [3.63, 3.8) is 0 Å². The molecule has 1 aromatic heterocycles. The third-order valence-corrected chi connectivity index (χ3v) is 5.39. The van der Waals surface area contributed by atoms with Gasteiger partial charge in [0.2, 0.25) is 0 Å². The first-order valence-electron chi connectivity index (χ1n) is 10.2. The van der Waals surface area contributed by atoms with Crippen LogP contribution in [0.4, 0.5) is 17.1 Å². The number of hydrogen-bond donors (Lipinski definition) is 4. The number of aryl methyl sites for hydroxylation is 1. The number of aromatic nitrogens is 2. The fourth-order valence-electron chi connectivity index (χ4n) is 3.68. The smallest absolute Gasteiger partial charge is 0.323 e. The Hall–Kier alpha value is -4.72. The summed E-state index contributed by atoms with van der Waals surface area (Å²) in [6.07, 6.45) is 0. The minimum Gasteiger partial charge on any atom is -0.505 e. The van der Waals surface area contributed by atoms with Crippen LogP contribution in [0.15, 0.2) is 87.8 Å². The van der Waals surface area contributed by atoms with Crippen LogP contribution < -0.4 is 11.0 Å². The van der Waals surface area contributed by atoms with Crippen molar-refractivity contribution in [1.29, 1.82) is 0 Å². The normalized spacial score (nSPS) is 11.4. The molecule has 5 aromatic rings. The predicted octanol–water partition coefficient (Wildman–Crippen LogP) is 5.69. The number of nitrogens with zero attached hydrogens (tertiary/aromatic N) is 2. The number of hydrogen-bond acceptors (Lipinski definition) is 5. The van der Waals surface area contributed by atoms with Crippen molar-refractivity contribution in [2.75, 3.05) is 5.32 Å². The molecule has 33 heavy (non-hydrogen) atoms. The van der Waals surface area contributed by atoms with Crippen LogP contribution >= 0.6 is 0 Å². The summed E-state index contributed by atoms with van der Waals surface area (Å²) < 4.78 is 0. The molecule has 0 saturated carbocycles. The van der Waals surface area contributed by atoms with Crippen LogP contribution in [0.1, 0.15) is 15.9 Å². The summed E-state index contributed by atoms with van der Waals surface area (Å²) in [5.74, 6) is -0.775. The van der Waals surface area contributed by atoms with Gasteiger partial charge in [-0.1, -0.05) is 42.5 Å². The molecular weight excluding hydrogens is 418 g/mol. The fourth-order valence-corrected chi connectivity index (χ4v) is 3.68. The van der Waals surface area contributed by atoms with Gasteiger partial charge in [-0.2, -0.15) is 5.11 Å². The number of nitrogens with one attached hydrogen (secondary N) is 3. The number of amides is 1. The van der Waals surface area contributed by atoms with E-state index in [9.17, 15) is 14.7 Å². The third kappa shape index (κ3) is 3.85. The van der Waals surface area contributed by atoms with Gasteiger partial charge in [-0.25, -0.2) is 4.79 Å². The Kier molecular flexibility index (Phi) is 4.95. The molecule has 0 aliphatic carbocycles. The number of rotatable bonds is 4. The molecule has 0 aliphatic rings. The quantitative estimate of drug-likeness (QED) is 0.270. The van der Waals surface area contributed by atoms with Gasteiger partial charge < -0.3 is 20.4 Å². The summed E-state index contributed by atoms with van der Waals surface area (Å²) in [6, 6.07) is 21.5. The number of aromatic hydroxyl groups is 1. The lowest BCUT2D eigenvalue weighted by Gasteiger charge is -2.11. The molecule has 8 nitrogen and oxygen atoms in total. The van der Waals surface area contributed by atoms with Gasteiger partial charge in [0.15, 0.2) is 5.75 Å². The van der Waals surface area contributed by atoms with E-state index >= 15 is 0 Å². The van der Waals surface area contributed by atoms with Crippen molar-refractivity contribution in [1.82, 2.24) is 9.97 Å². The van der Waals surface area contributed by atoms with Crippen molar-refractivity contribution in [2.45, 2.75) is 6.92 Å². The topological polar surface area (TPSA) is 123 Å². The van der Waals surface area contributed by atoms with E-state index in [1.165, 1.54) is 0 Å². The number of anilines is 1. The monoisotopic (exact) mass is 437 g/mol. The maximum absolute atomic E-state index is 13.1. The van der Waals surface area contributed by atoms with Crippen molar-refractivity contribution >= 4 is 44.8 Å². The summed E-state index contributed by atoms with van der Waals surface area (Å²) in [5.41, 5.74) is 3.23. The van der Waals surface area contributed by atoms with E-state index < -0.39 is 5.91 Å². The molecule has 1 heterocycles. The number of azo groups is 1. The van der Waals surface area contributed by atoms with Crippen LogP contribution in [0.25, 0.3) is 21.8 Å². The average Bonchev–Trinajstić information content (AvgIpc) is 3.18.